The van der Waals surface area contributed by atoms with Gasteiger partial charge in [-0.2, -0.15) is 0 Å². The van der Waals surface area contributed by atoms with E-state index in [1.54, 1.807) is 0 Å². The first-order valence-electron chi connectivity index (χ1n) is 10.7. The summed E-state index contributed by atoms with van der Waals surface area (Å²) in [6.07, 6.45) is 11.0. The Morgan fingerprint density at radius 3 is 2.26 bits per heavy atom. The number of hydrogen-bond donors (Lipinski definition) is 1. The molecule has 2 aromatic carbocycles. The predicted molar refractivity (Wildman–Crippen MR) is 112 cm³/mol. The second-order valence-electron chi connectivity index (χ2n) is 8.13. The average molecular weight is 434 g/mol. The molecule has 0 aromatic heterocycles. The highest BCUT2D eigenvalue weighted by molar-refractivity contribution is 5.90. The Morgan fingerprint density at radius 2 is 1.68 bits per heavy atom. The highest BCUT2D eigenvalue weighted by atomic mass is 19.2. The highest BCUT2D eigenvalue weighted by Crippen LogP contribution is 2.42. The Bertz CT molecular complexity index is 953. The summed E-state index contributed by atoms with van der Waals surface area (Å²) in [6.45, 7) is 2.14. The quantitative estimate of drug-likeness (QED) is 0.211. The van der Waals surface area contributed by atoms with Crippen LogP contribution in [0.15, 0.2) is 36.4 Å². The van der Waals surface area contributed by atoms with Crippen molar-refractivity contribution >= 4 is 5.97 Å². The molecule has 1 aliphatic rings. The van der Waals surface area contributed by atoms with Gasteiger partial charge in [-0.1, -0.05) is 38.0 Å². The highest BCUT2D eigenvalue weighted by Gasteiger charge is 2.28. The molecule has 2 aromatic rings. The van der Waals surface area contributed by atoms with Crippen molar-refractivity contribution in [2.45, 2.75) is 57.8 Å². The van der Waals surface area contributed by atoms with E-state index < -0.39 is 34.8 Å². The van der Waals surface area contributed by atoms with Crippen LogP contribution in [0.1, 0.15) is 73.7 Å². The van der Waals surface area contributed by atoms with Crippen molar-refractivity contribution in [3.63, 3.8) is 0 Å². The normalized spacial score (nSPS) is 19.1. The smallest absolute Gasteiger partial charge is 0.338 e. The molecule has 6 heteroatoms. The molecule has 1 aliphatic carbocycles. The summed E-state index contributed by atoms with van der Waals surface area (Å²) in [4.78, 5) is 11.4. The molecule has 0 heterocycles. The zero-order chi connectivity index (χ0) is 22.5. The molecule has 166 valence electrons. The SMILES string of the molecule is CCCC/C=C/C1CCC(c2ccc(C(=O)O)c(F)c2-c2cc(F)c(F)c(F)c2)CC1. The van der Waals surface area contributed by atoms with Crippen LogP contribution in [0.2, 0.25) is 0 Å². The standard InChI is InChI=1S/C25H26F4O2/c1-2-3-4-5-6-15-7-9-16(10-8-15)18-11-12-19(25(30)31)23(28)22(18)17-13-20(26)24(29)21(27)14-17/h5-6,11-16H,2-4,7-10H2,1H3,(H,30,31)/b6-5+. The van der Waals surface area contributed by atoms with Crippen LogP contribution in [0.25, 0.3) is 11.1 Å². The van der Waals surface area contributed by atoms with Crippen LogP contribution < -0.4 is 0 Å². The Morgan fingerprint density at radius 1 is 1.03 bits per heavy atom. The van der Waals surface area contributed by atoms with Gasteiger partial charge in [0.05, 0.1) is 5.56 Å². The van der Waals surface area contributed by atoms with Crippen molar-refractivity contribution in [3.05, 3.63) is 70.8 Å². The zero-order valence-electron chi connectivity index (χ0n) is 17.4. The van der Waals surface area contributed by atoms with Crippen LogP contribution >= 0.6 is 0 Å². The number of benzene rings is 2. The number of carboxylic acids is 1. The second kappa shape index (κ2) is 10.1. The van der Waals surface area contributed by atoms with E-state index in [1.807, 2.05) is 0 Å². The van der Waals surface area contributed by atoms with Crippen LogP contribution in [-0.4, -0.2) is 11.1 Å². The number of halogens is 4. The summed E-state index contributed by atoms with van der Waals surface area (Å²) in [7, 11) is 0. The maximum Gasteiger partial charge on any atom is 0.338 e. The minimum atomic E-state index is -1.64. The number of allylic oxidation sites excluding steroid dienone is 2. The lowest BCUT2D eigenvalue weighted by Crippen LogP contribution is -2.14. The molecule has 0 amide bonds. The van der Waals surface area contributed by atoms with Crippen molar-refractivity contribution in [3.8, 4) is 11.1 Å². The molecule has 2 nitrogen and oxygen atoms in total. The summed E-state index contributed by atoms with van der Waals surface area (Å²) in [5.74, 6) is -6.71. The molecule has 0 atom stereocenters. The average Bonchev–Trinajstić information content (AvgIpc) is 2.74. The molecule has 0 unspecified atom stereocenters. The van der Waals surface area contributed by atoms with Gasteiger partial charge in [-0.05, 0) is 73.3 Å². The fraction of sp³-hybridized carbons (Fsp3) is 0.400. The third kappa shape index (κ3) is 5.17. The summed E-state index contributed by atoms with van der Waals surface area (Å²) in [5, 5.41) is 9.29. The number of carboxylic acid groups (broad SMARTS) is 1. The molecule has 0 aliphatic heterocycles. The van der Waals surface area contributed by atoms with Gasteiger partial charge in [0.1, 0.15) is 5.82 Å². The van der Waals surface area contributed by atoms with E-state index in [9.17, 15) is 23.1 Å². The van der Waals surface area contributed by atoms with Gasteiger partial charge in [-0.3, -0.25) is 0 Å². The summed E-state index contributed by atoms with van der Waals surface area (Å²) in [5.41, 5.74) is -0.453. The molecule has 0 bridgehead atoms. The van der Waals surface area contributed by atoms with Crippen molar-refractivity contribution < 1.29 is 27.5 Å². The minimum absolute atomic E-state index is 0.0798. The molecule has 3 rings (SSSR count). The zero-order valence-corrected chi connectivity index (χ0v) is 17.4. The number of carbonyl (C=O) groups is 1. The van der Waals surface area contributed by atoms with Crippen molar-refractivity contribution in [1.82, 2.24) is 0 Å². The van der Waals surface area contributed by atoms with E-state index in [4.69, 9.17) is 0 Å². The van der Waals surface area contributed by atoms with E-state index >= 15 is 4.39 Å². The maximum atomic E-state index is 15.2. The molecular formula is C25H26F4O2. The first-order valence-corrected chi connectivity index (χ1v) is 10.7. The lowest BCUT2D eigenvalue weighted by Gasteiger charge is -2.29. The predicted octanol–water partition coefficient (Wildman–Crippen LogP) is 7.63. The van der Waals surface area contributed by atoms with Gasteiger partial charge in [-0.15, -0.1) is 0 Å². The van der Waals surface area contributed by atoms with Gasteiger partial charge < -0.3 is 5.11 Å². The van der Waals surface area contributed by atoms with Gasteiger partial charge in [0, 0.05) is 5.56 Å². The number of rotatable bonds is 7. The van der Waals surface area contributed by atoms with Gasteiger partial charge in [-0.25, -0.2) is 22.4 Å². The Kier molecular flexibility index (Phi) is 7.52. The Labute approximate surface area is 179 Å². The minimum Gasteiger partial charge on any atom is -0.478 e. The van der Waals surface area contributed by atoms with Gasteiger partial charge in [0.15, 0.2) is 17.5 Å². The number of hydrogen-bond acceptors (Lipinski definition) is 1. The van der Waals surface area contributed by atoms with Crippen molar-refractivity contribution in [2.24, 2.45) is 5.92 Å². The van der Waals surface area contributed by atoms with Crippen molar-refractivity contribution in [1.29, 1.82) is 0 Å². The van der Waals surface area contributed by atoms with E-state index in [2.05, 4.69) is 19.1 Å². The summed E-state index contributed by atoms with van der Waals surface area (Å²) < 4.78 is 56.3. The van der Waals surface area contributed by atoms with Crippen LogP contribution in [0.4, 0.5) is 17.6 Å². The molecule has 31 heavy (non-hydrogen) atoms. The third-order valence-corrected chi connectivity index (χ3v) is 6.02. The monoisotopic (exact) mass is 434 g/mol. The Hall–Kier alpha value is -2.63. The van der Waals surface area contributed by atoms with E-state index in [1.165, 1.54) is 12.1 Å². The molecular weight excluding hydrogens is 408 g/mol. The second-order valence-corrected chi connectivity index (χ2v) is 8.13. The fourth-order valence-electron chi connectivity index (χ4n) is 4.32. The fourth-order valence-corrected chi connectivity index (χ4v) is 4.32. The van der Waals surface area contributed by atoms with E-state index in [0.717, 1.165) is 44.9 Å². The Balaban J connectivity index is 1.94. The van der Waals surface area contributed by atoms with E-state index in [0.29, 0.717) is 23.6 Å². The largest absolute Gasteiger partial charge is 0.478 e. The van der Waals surface area contributed by atoms with Crippen LogP contribution in [0.3, 0.4) is 0 Å². The van der Waals surface area contributed by atoms with Crippen LogP contribution in [-0.2, 0) is 0 Å². The number of unbranched alkanes of at least 4 members (excludes halogenated alkanes) is 2. The first kappa shape index (κ1) is 23.0. The topological polar surface area (TPSA) is 37.3 Å². The maximum absolute atomic E-state index is 15.2. The van der Waals surface area contributed by atoms with Crippen molar-refractivity contribution in [2.75, 3.05) is 0 Å². The molecule has 1 N–H and O–H groups in total. The molecule has 0 saturated heterocycles. The van der Waals surface area contributed by atoms with E-state index in [-0.39, 0.29) is 17.0 Å². The molecule has 1 fully saturated rings. The third-order valence-electron chi connectivity index (χ3n) is 6.02. The molecule has 1 saturated carbocycles. The van der Waals surface area contributed by atoms with Gasteiger partial charge in [0.25, 0.3) is 0 Å². The lowest BCUT2D eigenvalue weighted by molar-refractivity contribution is 0.0692. The van der Waals surface area contributed by atoms with Crippen LogP contribution in [0, 0.1) is 29.2 Å². The summed E-state index contributed by atoms with van der Waals surface area (Å²) in [6, 6.07) is 4.13. The van der Waals surface area contributed by atoms with Gasteiger partial charge >= 0.3 is 5.97 Å². The lowest BCUT2D eigenvalue weighted by atomic mass is 9.76. The molecule has 0 radical (unpaired) electrons. The molecule has 0 spiro atoms. The van der Waals surface area contributed by atoms with Crippen LogP contribution in [0.5, 0.6) is 0 Å². The first-order chi connectivity index (χ1) is 14.8. The number of aromatic carboxylic acids is 1. The van der Waals surface area contributed by atoms with Gasteiger partial charge in [0.2, 0.25) is 0 Å². The summed E-state index contributed by atoms with van der Waals surface area (Å²) >= 11 is 0.